The molecule has 2 heterocycles. The number of nitrogens with zero attached hydrogens (tertiary/aromatic N) is 2. The number of aromatic nitrogens is 2. The maximum atomic E-state index is 13.3. The molecule has 0 amide bonds. The first-order chi connectivity index (χ1) is 16.7. The van der Waals surface area contributed by atoms with Crippen molar-refractivity contribution in [2.45, 2.75) is 81.8 Å². The summed E-state index contributed by atoms with van der Waals surface area (Å²) in [5.74, 6) is -0.593. The molecule has 2 aromatic rings. The molecule has 0 saturated heterocycles. The number of aliphatic hydroxyl groups is 1. The molecule has 1 unspecified atom stereocenters. The van der Waals surface area contributed by atoms with Crippen LogP contribution in [0.4, 0.5) is 5.69 Å². The van der Waals surface area contributed by atoms with Crippen LogP contribution in [0, 0.1) is 5.92 Å². The van der Waals surface area contributed by atoms with E-state index in [9.17, 15) is 18.3 Å². The third-order valence-electron chi connectivity index (χ3n) is 7.14. The van der Waals surface area contributed by atoms with Gasteiger partial charge in [0.25, 0.3) is 10.0 Å². The lowest BCUT2D eigenvalue weighted by molar-refractivity contribution is -0.149. The minimum Gasteiger partial charge on any atom is -0.507 e. The Balaban J connectivity index is 1.74. The fourth-order valence-corrected chi connectivity index (χ4v) is 6.70. The topological polar surface area (TPSA) is 111 Å². The predicted octanol–water partition coefficient (Wildman–Crippen LogP) is 5.20. The maximum Gasteiger partial charge on any atom is 0.339 e. The van der Waals surface area contributed by atoms with E-state index in [1.165, 1.54) is 12.5 Å². The lowest BCUT2D eigenvalue weighted by atomic mass is 9.77. The van der Waals surface area contributed by atoms with E-state index >= 15 is 0 Å². The third-order valence-corrected chi connectivity index (χ3v) is 8.40. The third kappa shape index (κ3) is 4.96. The Kier molecular flexibility index (Phi) is 7.26. The van der Waals surface area contributed by atoms with Crippen molar-refractivity contribution in [3.8, 4) is 0 Å². The van der Waals surface area contributed by atoms with Crippen molar-refractivity contribution in [3.63, 3.8) is 0 Å². The first kappa shape index (κ1) is 25.3. The number of carbonyl (C=O) groups excluding carboxylic acids is 1. The molecule has 1 fully saturated rings. The van der Waals surface area contributed by atoms with Crippen LogP contribution in [0.1, 0.15) is 76.7 Å². The van der Waals surface area contributed by atoms with Gasteiger partial charge in [0.15, 0.2) is 10.6 Å². The van der Waals surface area contributed by atoms with Crippen molar-refractivity contribution in [1.82, 2.24) is 9.55 Å². The Labute approximate surface area is 207 Å². The van der Waals surface area contributed by atoms with Gasteiger partial charge in [-0.25, -0.2) is 9.78 Å². The number of carbonyl (C=O) groups is 1. The standard InChI is InChI=1S/C26H35N3O5S/c1-4-13-26(14-5-2)24(30)23(25(31)34-26)22(18-9-6-7-10-18)19-11-8-12-20(15-19)28-35(32,33)21-16-29(3)17-27-21/h8,11-12,15-18,22,28,30H,4-7,9-10,13-14H2,1-3H3. The number of aryl methyl sites for hydroxylation is 1. The Morgan fingerprint density at radius 2 is 1.91 bits per heavy atom. The van der Waals surface area contributed by atoms with Gasteiger partial charge in [0.2, 0.25) is 0 Å². The zero-order valence-electron chi connectivity index (χ0n) is 20.7. The first-order valence-corrected chi connectivity index (χ1v) is 14.0. The van der Waals surface area contributed by atoms with Gasteiger partial charge >= 0.3 is 5.97 Å². The fourth-order valence-electron chi connectivity index (χ4n) is 5.66. The Morgan fingerprint density at radius 1 is 1.23 bits per heavy atom. The van der Waals surface area contributed by atoms with E-state index in [-0.39, 0.29) is 22.6 Å². The van der Waals surface area contributed by atoms with Crippen molar-refractivity contribution >= 4 is 21.7 Å². The van der Waals surface area contributed by atoms with Crippen LogP contribution in [-0.2, 0) is 26.6 Å². The molecule has 8 nitrogen and oxygen atoms in total. The molecule has 1 aliphatic heterocycles. The minimum atomic E-state index is -3.86. The van der Waals surface area contributed by atoms with Crippen LogP contribution in [0.15, 0.2) is 53.1 Å². The van der Waals surface area contributed by atoms with E-state index < -0.39 is 21.6 Å². The van der Waals surface area contributed by atoms with Gasteiger partial charge < -0.3 is 14.4 Å². The van der Waals surface area contributed by atoms with Crippen LogP contribution in [0.2, 0.25) is 0 Å². The number of benzene rings is 1. The van der Waals surface area contributed by atoms with Crippen molar-refractivity contribution in [1.29, 1.82) is 0 Å². The number of sulfonamides is 1. The molecule has 1 saturated carbocycles. The zero-order chi connectivity index (χ0) is 25.2. The zero-order valence-corrected chi connectivity index (χ0v) is 21.5. The number of imidazole rings is 1. The van der Waals surface area contributed by atoms with E-state index in [0.717, 1.165) is 44.1 Å². The van der Waals surface area contributed by atoms with E-state index in [1.54, 1.807) is 29.8 Å². The highest BCUT2D eigenvalue weighted by Gasteiger charge is 2.50. The van der Waals surface area contributed by atoms with Crippen molar-refractivity contribution in [2.24, 2.45) is 13.0 Å². The molecule has 0 spiro atoms. The van der Waals surface area contributed by atoms with Gasteiger partial charge in [0, 0.05) is 24.8 Å². The SMILES string of the molecule is CCCC1(CCC)OC(=O)C(C(c2cccc(NS(=O)(=O)c3cn(C)cn3)c2)C2CCCC2)=C1O. The van der Waals surface area contributed by atoms with Crippen LogP contribution in [-0.4, -0.2) is 34.6 Å². The van der Waals surface area contributed by atoms with Crippen molar-refractivity contribution in [2.75, 3.05) is 4.72 Å². The number of hydrogen-bond acceptors (Lipinski definition) is 6. The summed E-state index contributed by atoms with van der Waals surface area (Å²) in [5.41, 5.74) is 0.547. The summed E-state index contributed by atoms with van der Waals surface area (Å²) in [6, 6.07) is 7.11. The lowest BCUT2D eigenvalue weighted by Crippen LogP contribution is -2.31. The molecule has 2 aliphatic rings. The largest absolute Gasteiger partial charge is 0.507 e. The second kappa shape index (κ2) is 10.0. The van der Waals surface area contributed by atoms with Gasteiger partial charge in [-0.1, -0.05) is 51.7 Å². The van der Waals surface area contributed by atoms with E-state index in [1.807, 2.05) is 19.9 Å². The molecule has 1 aliphatic carbocycles. The van der Waals surface area contributed by atoms with Crippen LogP contribution in [0.5, 0.6) is 0 Å². The monoisotopic (exact) mass is 501 g/mol. The van der Waals surface area contributed by atoms with Crippen LogP contribution < -0.4 is 4.72 Å². The summed E-state index contributed by atoms with van der Waals surface area (Å²) in [4.78, 5) is 17.2. The smallest absolute Gasteiger partial charge is 0.339 e. The molecule has 190 valence electrons. The molecule has 0 radical (unpaired) electrons. The fraction of sp³-hybridized carbons (Fsp3) is 0.538. The molecule has 0 bridgehead atoms. The van der Waals surface area contributed by atoms with Gasteiger partial charge in [0.1, 0.15) is 5.76 Å². The van der Waals surface area contributed by atoms with Gasteiger partial charge in [0.05, 0.1) is 11.9 Å². The van der Waals surface area contributed by atoms with Crippen molar-refractivity contribution < 1.29 is 23.1 Å². The summed E-state index contributed by atoms with van der Waals surface area (Å²) in [6.07, 6.45) is 9.57. The van der Waals surface area contributed by atoms with E-state index in [0.29, 0.717) is 24.1 Å². The first-order valence-electron chi connectivity index (χ1n) is 12.5. The highest BCUT2D eigenvalue weighted by molar-refractivity contribution is 7.92. The minimum absolute atomic E-state index is 0.0579. The summed E-state index contributed by atoms with van der Waals surface area (Å²) in [5, 5.41) is 11.4. The highest BCUT2D eigenvalue weighted by atomic mass is 32.2. The molecular formula is C26H35N3O5S. The average Bonchev–Trinajstić information content (AvgIpc) is 3.53. The van der Waals surface area contributed by atoms with Crippen LogP contribution in [0.25, 0.3) is 0 Å². The molecule has 1 aromatic heterocycles. The van der Waals surface area contributed by atoms with Gasteiger partial charge in [-0.2, -0.15) is 8.42 Å². The van der Waals surface area contributed by atoms with Gasteiger partial charge in [-0.15, -0.1) is 0 Å². The number of esters is 1. The molecular weight excluding hydrogens is 466 g/mol. The number of aliphatic hydroxyl groups excluding tert-OH is 1. The molecule has 35 heavy (non-hydrogen) atoms. The number of nitrogens with one attached hydrogen (secondary N) is 1. The molecule has 9 heteroatoms. The quantitative estimate of drug-likeness (QED) is 0.433. The molecule has 4 rings (SSSR count). The number of anilines is 1. The second-order valence-corrected chi connectivity index (χ2v) is 11.4. The van der Waals surface area contributed by atoms with Crippen LogP contribution >= 0.6 is 0 Å². The number of hydrogen-bond donors (Lipinski definition) is 2. The Hall–Kier alpha value is -2.81. The second-order valence-electron chi connectivity index (χ2n) is 9.78. The lowest BCUT2D eigenvalue weighted by Gasteiger charge is -2.28. The van der Waals surface area contributed by atoms with Gasteiger partial charge in [-0.3, -0.25) is 4.72 Å². The van der Waals surface area contributed by atoms with Gasteiger partial charge in [-0.05, 0) is 49.3 Å². The molecule has 1 atom stereocenters. The summed E-state index contributed by atoms with van der Waals surface area (Å²) < 4.78 is 35.7. The number of ether oxygens (including phenoxy) is 1. The summed E-state index contributed by atoms with van der Waals surface area (Å²) in [7, 11) is -2.16. The molecule has 1 aromatic carbocycles. The van der Waals surface area contributed by atoms with Crippen molar-refractivity contribution in [3.05, 3.63) is 53.7 Å². The highest BCUT2D eigenvalue weighted by Crippen LogP contribution is 2.49. The summed E-state index contributed by atoms with van der Waals surface area (Å²) >= 11 is 0. The average molecular weight is 502 g/mol. The van der Waals surface area contributed by atoms with E-state index in [2.05, 4.69) is 9.71 Å². The Morgan fingerprint density at radius 3 is 2.51 bits per heavy atom. The predicted molar refractivity (Wildman–Crippen MR) is 133 cm³/mol. The number of rotatable bonds is 10. The van der Waals surface area contributed by atoms with Crippen LogP contribution in [0.3, 0.4) is 0 Å². The van der Waals surface area contributed by atoms with E-state index in [4.69, 9.17) is 4.74 Å². The summed E-state index contributed by atoms with van der Waals surface area (Å²) in [6.45, 7) is 4.03. The normalized spacial score (nSPS) is 19.2. The Bertz CT molecular complexity index is 1210. The maximum absolute atomic E-state index is 13.3. The number of cyclic esters (lactones) is 1. The molecule has 2 N–H and O–H groups in total.